The number of methoxy groups -OCH3 is 1. The van der Waals surface area contributed by atoms with Crippen LogP contribution in [0.1, 0.15) is 26.3 Å². The van der Waals surface area contributed by atoms with Crippen LogP contribution < -0.4 is 14.4 Å². The first kappa shape index (κ1) is 20.6. The molecule has 0 radical (unpaired) electrons. The molecule has 0 aliphatic carbocycles. The maximum Gasteiger partial charge on any atom is 0.410 e. The lowest BCUT2D eigenvalue weighted by Gasteiger charge is -2.35. The van der Waals surface area contributed by atoms with E-state index in [1.54, 1.807) is 36.8 Å². The molecule has 0 aromatic carbocycles. The van der Waals surface area contributed by atoms with Gasteiger partial charge in [0.25, 0.3) is 0 Å². The van der Waals surface area contributed by atoms with Crippen molar-refractivity contribution in [3.63, 3.8) is 0 Å². The standard InChI is InChI=1S/C20H27N5O4/c1-20(2,3)29-19(26)25-9-7-24(8-10-25)18-22-11-16(12-23-18)28-14-15-5-6-21-13-17(15)27-4/h5-6,11-13H,7-10,14H2,1-4H3. The van der Waals surface area contributed by atoms with Gasteiger partial charge in [-0.1, -0.05) is 0 Å². The van der Waals surface area contributed by atoms with Crippen LogP contribution in [0.15, 0.2) is 30.9 Å². The zero-order chi connectivity index (χ0) is 20.9. The Bertz CT molecular complexity index is 814. The van der Waals surface area contributed by atoms with E-state index < -0.39 is 5.60 Å². The second kappa shape index (κ2) is 8.93. The van der Waals surface area contributed by atoms with Crippen molar-refractivity contribution in [1.29, 1.82) is 0 Å². The zero-order valence-electron chi connectivity index (χ0n) is 17.3. The molecule has 0 unspecified atom stereocenters. The third-order valence-electron chi connectivity index (χ3n) is 4.31. The molecule has 1 aliphatic heterocycles. The third kappa shape index (κ3) is 5.69. The minimum absolute atomic E-state index is 0.284. The Morgan fingerprint density at radius 1 is 1.10 bits per heavy atom. The van der Waals surface area contributed by atoms with Crippen molar-refractivity contribution in [1.82, 2.24) is 19.9 Å². The molecule has 29 heavy (non-hydrogen) atoms. The highest BCUT2D eigenvalue weighted by Crippen LogP contribution is 2.20. The number of pyridine rings is 1. The molecular formula is C20H27N5O4. The van der Waals surface area contributed by atoms with Crippen LogP contribution in [0.25, 0.3) is 0 Å². The van der Waals surface area contributed by atoms with Gasteiger partial charge >= 0.3 is 6.09 Å². The number of hydrogen-bond acceptors (Lipinski definition) is 8. The van der Waals surface area contributed by atoms with Crippen LogP contribution in [0.3, 0.4) is 0 Å². The van der Waals surface area contributed by atoms with Crippen LogP contribution in [0.5, 0.6) is 11.5 Å². The average Bonchev–Trinajstić information content (AvgIpc) is 2.72. The molecule has 1 aliphatic rings. The van der Waals surface area contributed by atoms with E-state index >= 15 is 0 Å². The fourth-order valence-electron chi connectivity index (χ4n) is 2.84. The largest absolute Gasteiger partial charge is 0.495 e. The maximum absolute atomic E-state index is 12.2. The monoisotopic (exact) mass is 401 g/mol. The fraction of sp³-hybridized carbons (Fsp3) is 0.500. The molecule has 9 heteroatoms. The highest BCUT2D eigenvalue weighted by atomic mass is 16.6. The Morgan fingerprint density at radius 3 is 2.41 bits per heavy atom. The van der Waals surface area contributed by atoms with Crippen molar-refractivity contribution in [3.05, 3.63) is 36.4 Å². The number of nitrogens with zero attached hydrogens (tertiary/aromatic N) is 5. The summed E-state index contributed by atoms with van der Waals surface area (Å²) in [4.78, 5) is 28.7. The van der Waals surface area contributed by atoms with Gasteiger partial charge in [0.1, 0.15) is 18.0 Å². The fourth-order valence-corrected chi connectivity index (χ4v) is 2.84. The van der Waals surface area contributed by atoms with Gasteiger partial charge in [0.15, 0.2) is 5.75 Å². The van der Waals surface area contributed by atoms with E-state index in [2.05, 4.69) is 15.0 Å². The molecule has 3 heterocycles. The van der Waals surface area contributed by atoms with Gasteiger partial charge in [-0.25, -0.2) is 14.8 Å². The van der Waals surface area contributed by atoms with Gasteiger partial charge in [0.05, 0.1) is 25.7 Å². The topological polar surface area (TPSA) is 89.9 Å². The van der Waals surface area contributed by atoms with Crippen LogP contribution in [0.2, 0.25) is 0 Å². The molecule has 2 aromatic heterocycles. The summed E-state index contributed by atoms with van der Waals surface area (Å²) in [6, 6.07) is 1.85. The molecule has 1 amide bonds. The summed E-state index contributed by atoms with van der Waals surface area (Å²) in [7, 11) is 1.60. The van der Waals surface area contributed by atoms with Crippen LogP contribution in [0.4, 0.5) is 10.7 Å². The van der Waals surface area contributed by atoms with E-state index in [0.29, 0.717) is 50.2 Å². The summed E-state index contributed by atoms with van der Waals surface area (Å²) in [5.74, 6) is 1.86. The van der Waals surface area contributed by atoms with Crippen LogP contribution in [-0.2, 0) is 11.3 Å². The molecule has 9 nitrogen and oxygen atoms in total. The Labute approximate surface area is 170 Å². The highest BCUT2D eigenvalue weighted by Gasteiger charge is 2.26. The summed E-state index contributed by atoms with van der Waals surface area (Å²) in [6.07, 6.45) is 6.35. The number of piperazine rings is 1. The predicted octanol–water partition coefficient (Wildman–Crippen LogP) is 2.52. The number of rotatable bonds is 5. The molecule has 1 fully saturated rings. The summed E-state index contributed by atoms with van der Waals surface area (Å²) < 4.78 is 16.4. The quantitative estimate of drug-likeness (QED) is 0.755. The van der Waals surface area contributed by atoms with Gasteiger partial charge in [-0.2, -0.15) is 0 Å². The number of anilines is 1. The molecule has 0 atom stereocenters. The predicted molar refractivity (Wildman–Crippen MR) is 107 cm³/mol. The number of amides is 1. The van der Waals surface area contributed by atoms with Crippen molar-refractivity contribution in [3.8, 4) is 11.5 Å². The van der Waals surface area contributed by atoms with Gasteiger partial charge in [-0.15, -0.1) is 0 Å². The Kier molecular flexibility index (Phi) is 6.36. The normalized spacial score (nSPS) is 14.5. The Balaban J connectivity index is 1.51. The molecule has 0 bridgehead atoms. The van der Waals surface area contributed by atoms with Gasteiger partial charge in [-0.05, 0) is 26.8 Å². The molecule has 0 spiro atoms. The Morgan fingerprint density at radius 2 is 1.79 bits per heavy atom. The first-order valence-corrected chi connectivity index (χ1v) is 9.50. The number of hydrogen-bond donors (Lipinski definition) is 0. The number of carbonyl (C=O) groups is 1. The van der Waals surface area contributed by atoms with Crippen LogP contribution in [-0.4, -0.2) is 64.8 Å². The highest BCUT2D eigenvalue weighted by molar-refractivity contribution is 5.68. The van der Waals surface area contributed by atoms with E-state index in [1.807, 2.05) is 31.7 Å². The summed E-state index contributed by atoms with van der Waals surface area (Å²) >= 11 is 0. The SMILES string of the molecule is COc1cnccc1COc1cnc(N2CCN(C(=O)OC(C)(C)C)CC2)nc1. The van der Waals surface area contributed by atoms with Crippen molar-refractivity contribution in [2.45, 2.75) is 33.0 Å². The lowest BCUT2D eigenvalue weighted by atomic mass is 10.2. The molecule has 3 rings (SSSR count). The van der Waals surface area contributed by atoms with E-state index in [9.17, 15) is 4.79 Å². The van der Waals surface area contributed by atoms with E-state index in [1.165, 1.54) is 0 Å². The van der Waals surface area contributed by atoms with Gasteiger partial charge in [-0.3, -0.25) is 4.98 Å². The second-order valence-electron chi connectivity index (χ2n) is 7.65. The van der Waals surface area contributed by atoms with Crippen molar-refractivity contribution < 1.29 is 19.0 Å². The van der Waals surface area contributed by atoms with Crippen LogP contribution in [0, 0.1) is 0 Å². The number of carbonyl (C=O) groups excluding carboxylic acids is 1. The molecule has 0 N–H and O–H groups in total. The lowest BCUT2D eigenvalue weighted by molar-refractivity contribution is 0.0240. The third-order valence-corrected chi connectivity index (χ3v) is 4.31. The lowest BCUT2D eigenvalue weighted by Crippen LogP contribution is -2.50. The Hall–Kier alpha value is -3.10. The minimum atomic E-state index is -0.493. The van der Waals surface area contributed by atoms with E-state index in [4.69, 9.17) is 14.2 Å². The van der Waals surface area contributed by atoms with Crippen molar-refractivity contribution in [2.24, 2.45) is 0 Å². The first-order chi connectivity index (χ1) is 13.9. The van der Waals surface area contributed by atoms with Gasteiger partial charge in [0.2, 0.25) is 5.95 Å². The molecule has 0 saturated carbocycles. The van der Waals surface area contributed by atoms with Crippen molar-refractivity contribution in [2.75, 3.05) is 38.2 Å². The molecule has 156 valence electrons. The van der Waals surface area contributed by atoms with Gasteiger partial charge in [0, 0.05) is 37.9 Å². The van der Waals surface area contributed by atoms with E-state index in [0.717, 1.165) is 5.56 Å². The minimum Gasteiger partial charge on any atom is -0.495 e. The van der Waals surface area contributed by atoms with E-state index in [-0.39, 0.29) is 6.09 Å². The molecule has 1 saturated heterocycles. The molecular weight excluding hydrogens is 374 g/mol. The van der Waals surface area contributed by atoms with Crippen LogP contribution >= 0.6 is 0 Å². The molecule has 2 aromatic rings. The number of ether oxygens (including phenoxy) is 3. The first-order valence-electron chi connectivity index (χ1n) is 9.50. The summed E-state index contributed by atoms with van der Waals surface area (Å²) in [5, 5.41) is 0. The zero-order valence-corrected chi connectivity index (χ0v) is 17.3. The number of aromatic nitrogens is 3. The summed E-state index contributed by atoms with van der Waals surface area (Å²) in [5.41, 5.74) is 0.401. The maximum atomic E-state index is 12.2. The second-order valence-corrected chi connectivity index (χ2v) is 7.65. The summed E-state index contributed by atoms with van der Waals surface area (Å²) in [6.45, 7) is 8.36. The average molecular weight is 401 g/mol. The van der Waals surface area contributed by atoms with Crippen molar-refractivity contribution >= 4 is 12.0 Å². The smallest absolute Gasteiger partial charge is 0.410 e. The van der Waals surface area contributed by atoms with Gasteiger partial charge < -0.3 is 24.0 Å².